The maximum absolute atomic E-state index is 12.4. The lowest BCUT2D eigenvalue weighted by Gasteiger charge is -2.22. The summed E-state index contributed by atoms with van der Waals surface area (Å²) in [7, 11) is 1.65. The number of amides is 1. The van der Waals surface area contributed by atoms with E-state index in [0.29, 0.717) is 23.5 Å². The van der Waals surface area contributed by atoms with Gasteiger partial charge in [-0.25, -0.2) is 0 Å². The SMILES string of the molecule is Cn1ccc(C(=O)N(CCC(N)=S)C2CC2)cc1=O. The van der Waals surface area contributed by atoms with Crippen molar-refractivity contribution in [2.75, 3.05) is 6.54 Å². The third kappa shape index (κ3) is 3.41. The Kier molecular flexibility index (Phi) is 3.99. The van der Waals surface area contributed by atoms with Gasteiger partial charge in [0, 0.05) is 43.9 Å². The van der Waals surface area contributed by atoms with Gasteiger partial charge in [0.15, 0.2) is 0 Å². The van der Waals surface area contributed by atoms with Gasteiger partial charge in [-0.2, -0.15) is 0 Å². The fourth-order valence-corrected chi connectivity index (χ4v) is 2.01. The summed E-state index contributed by atoms with van der Waals surface area (Å²) in [5.74, 6) is -0.114. The zero-order valence-corrected chi connectivity index (χ0v) is 11.7. The lowest BCUT2D eigenvalue weighted by atomic mass is 10.2. The second-order valence-corrected chi connectivity index (χ2v) is 5.33. The van der Waals surface area contributed by atoms with E-state index < -0.39 is 0 Å². The van der Waals surface area contributed by atoms with Crippen LogP contribution in [0.4, 0.5) is 0 Å². The molecule has 1 saturated carbocycles. The molecule has 1 aliphatic rings. The van der Waals surface area contributed by atoms with E-state index in [1.807, 2.05) is 0 Å². The van der Waals surface area contributed by atoms with Gasteiger partial charge in [-0.05, 0) is 18.9 Å². The van der Waals surface area contributed by atoms with Crippen LogP contribution in [-0.4, -0.2) is 32.9 Å². The van der Waals surface area contributed by atoms with Gasteiger partial charge in [-0.1, -0.05) is 12.2 Å². The molecule has 0 atom stereocenters. The molecular formula is C13H17N3O2S. The van der Waals surface area contributed by atoms with Crippen molar-refractivity contribution in [3.05, 3.63) is 34.2 Å². The van der Waals surface area contributed by atoms with Crippen LogP contribution in [0.1, 0.15) is 29.6 Å². The van der Waals surface area contributed by atoms with Crippen LogP contribution in [-0.2, 0) is 7.05 Å². The third-order valence-corrected chi connectivity index (χ3v) is 3.40. The van der Waals surface area contributed by atoms with Crippen molar-refractivity contribution in [3.8, 4) is 0 Å². The Bertz CT molecular complexity index is 563. The number of nitrogens with two attached hydrogens (primary N) is 1. The average Bonchev–Trinajstić information content (AvgIpc) is 3.16. The Hall–Kier alpha value is -1.69. The highest BCUT2D eigenvalue weighted by Gasteiger charge is 2.32. The fraction of sp³-hybridized carbons (Fsp3) is 0.462. The summed E-state index contributed by atoms with van der Waals surface area (Å²) in [6, 6.07) is 3.31. The first kappa shape index (κ1) is 13.7. The Balaban J connectivity index is 2.16. The Morgan fingerprint density at radius 1 is 1.58 bits per heavy atom. The minimum absolute atomic E-state index is 0.114. The molecule has 1 aromatic heterocycles. The van der Waals surface area contributed by atoms with Gasteiger partial charge in [0.05, 0.1) is 4.99 Å². The number of pyridine rings is 1. The van der Waals surface area contributed by atoms with Crippen LogP contribution in [0.2, 0.25) is 0 Å². The van der Waals surface area contributed by atoms with Crippen LogP contribution in [0, 0.1) is 0 Å². The first-order valence-corrected chi connectivity index (χ1v) is 6.66. The van der Waals surface area contributed by atoms with E-state index in [-0.39, 0.29) is 17.5 Å². The molecule has 2 rings (SSSR count). The normalized spacial score (nSPS) is 14.2. The first-order chi connectivity index (χ1) is 8.99. The number of carbonyl (C=O) groups is 1. The molecule has 6 heteroatoms. The zero-order chi connectivity index (χ0) is 14.0. The van der Waals surface area contributed by atoms with Gasteiger partial charge < -0.3 is 15.2 Å². The van der Waals surface area contributed by atoms with Crippen molar-refractivity contribution in [1.29, 1.82) is 0 Å². The van der Waals surface area contributed by atoms with E-state index in [4.69, 9.17) is 18.0 Å². The summed E-state index contributed by atoms with van der Waals surface area (Å²) in [5, 5.41) is 0. The van der Waals surface area contributed by atoms with E-state index in [1.165, 1.54) is 10.6 Å². The molecular weight excluding hydrogens is 262 g/mol. The molecule has 1 amide bonds. The van der Waals surface area contributed by atoms with Crippen LogP contribution in [0.15, 0.2) is 23.1 Å². The minimum Gasteiger partial charge on any atom is -0.393 e. The van der Waals surface area contributed by atoms with E-state index in [2.05, 4.69) is 0 Å². The van der Waals surface area contributed by atoms with E-state index in [1.54, 1.807) is 24.2 Å². The minimum atomic E-state index is -0.184. The molecule has 0 aromatic carbocycles. The maximum atomic E-state index is 12.4. The lowest BCUT2D eigenvalue weighted by molar-refractivity contribution is 0.0747. The van der Waals surface area contributed by atoms with Crippen LogP contribution in [0.3, 0.4) is 0 Å². The van der Waals surface area contributed by atoms with Crippen molar-refractivity contribution < 1.29 is 4.79 Å². The number of rotatable bonds is 5. The predicted molar refractivity (Wildman–Crippen MR) is 77.1 cm³/mol. The van der Waals surface area contributed by atoms with Crippen molar-refractivity contribution in [2.45, 2.75) is 25.3 Å². The van der Waals surface area contributed by atoms with Crippen molar-refractivity contribution in [1.82, 2.24) is 9.47 Å². The van der Waals surface area contributed by atoms with E-state index in [0.717, 1.165) is 12.8 Å². The zero-order valence-electron chi connectivity index (χ0n) is 10.8. The molecule has 0 unspecified atom stereocenters. The fourth-order valence-electron chi connectivity index (χ4n) is 1.91. The number of nitrogens with zero attached hydrogens (tertiary/aromatic N) is 2. The molecule has 0 radical (unpaired) electrons. The number of hydrogen-bond acceptors (Lipinski definition) is 3. The molecule has 102 valence electrons. The van der Waals surface area contributed by atoms with E-state index in [9.17, 15) is 9.59 Å². The van der Waals surface area contributed by atoms with Gasteiger partial charge in [-0.15, -0.1) is 0 Å². The molecule has 5 nitrogen and oxygen atoms in total. The third-order valence-electron chi connectivity index (χ3n) is 3.20. The number of carbonyl (C=O) groups excluding carboxylic acids is 1. The molecule has 19 heavy (non-hydrogen) atoms. The molecule has 0 aliphatic heterocycles. The molecule has 2 N–H and O–H groups in total. The Morgan fingerprint density at radius 2 is 2.26 bits per heavy atom. The first-order valence-electron chi connectivity index (χ1n) is 6.25. The van der Waals surface area contributed by atoms with Gasteiger partial charge in [0.1, 0.15) is 0 Å². The van der Waals surface area contributed by atoms with Crippen LogP contribution in [0.5, 0.6) is 0 Å². The Labute approximate surface area is 117 Å². The number of hydrogen-bond donors (Lipinski definition) is 1. The number of aromatic nitrogens is 1. The highest BCUT2D eigenvalue weighted by atomic mass is 32.1. The van der Waals surface area contributed by atoms with Crippen molar-refractivity contribution in [2.24, 2.45) is 12.8 Å². The van der Waals surface area contributed by atoms with Crippen molar-refractivity contribution in [3.63, 3.8) is 0 Å². The maximum Gasteiger partial charge on any atom is 0.254 e. The Morgan fingerprint density at radius 3 is 2.79 bits per heavy atom. The van der Waals surface area contributed by atoms with Crippen molar-refractivity contribution >= 4 is 23.1 Å². The summed E-state index contributed by atoms with van der Waals surface area (Å²) < 4.78 is 1.44. The van der Waals surface area contributed by atoms with Gasteiger partial charge >= 0.3 is 0 Å². The van der Waals surface area contributed by atoms with Crippen LogP contribution in [0.25, 0.3) is 0 Å². The van der Waals surface area contributed by atoms with Gasteiger partial charge in [0.2, 0.25) is 0 Å². The average molecular weight is 279 g/mol. The molecule has 1 aromatic rings. The summed E-state index contributed by atoms with van der Waals surface area (Å²) in [5.41, 5.74) is 5.73. The van der Waals surface area contributed by atoms with Gasteiger partial charge in [0.25, 0.3) is 11.5 Å². The summed E-state index contributed by atoms with van der Waals surface area (Å²) in [4.78, 5) is 26.1. The standard InChI is InChI=1S/C13H17N3O2S/c1-15-6-4-9(8-12(15)17)13(18)16(10-2-3-10)7-5-11(14)19/h4,6,8,10H,2-3,5,7H2,1H3,(H2,14,19). The quantitative estimate of drug-likeness (QED) is 0.804. The molecule has 0 saturated heterocycles. The lowest BCUT2D eigenvalue weighted by Crippen LogP contribution is -2.36. The summed E-state index contributed by atoms with van der Waals surface area (Å²) >= 11 is 4.85. The smallest absolute Gasteiger partial charge is 0.254 e. The molecule has 0 spiro atoms. The van der Waals surface area contributed by atoms with Gasteiger partial charge in [-0.3, -0.25) is 9.59 Å². The molecule has 1 heterocycles. The largest absolute Gasteiger partial charge is 0.393 e. The summed E-state index contributed by atoms with van der Waals surface area (Å²) in [6.45, 7) is 0.522. The molecule has 0 bridgehead atoms. The molecule has 1 aliphatic carbocycles. The second kappa shape index (κ2) is 5.52. The highest BCUT2D eigenvalue weighted by molar-refractivity contribution is 7.80. The molecule has 1 fully saturated rings. The number of thiocarbonyl (C=S) groups is 1. The topological polar surface area (TPSA) is 68.3 Å². The number of aryl methyl sites for hydroxylation is 1. The highest BCUT2D eigenvalue weighted by Crippen LogP contribution is 2.28. The van der Waals surface area contributed by atoms with Crippen LogP contribution >= 0.6 is 12.2 Å². The van der Waals surface area contributed by atoms with E-state index >= 15 is 0 Å². The second-order valence-electron chi connectivity index (χ2n) is 4.81. The summed E-state index contributed by atoms with van der Waals surface area (Å²) in [6.07, 6.45) is 4.14. The predicted octanol–water partition coefficient (Wildman–Crippen LogP) is 0.666. The van der Waals surface area contributed by atoms with Crippen LogP contribution < -0.4 is 11.3 Å². The monoisotopic (exact) mass is 279 g/mol.